The van der Waals surface area contributed by atoms with Gasteiger partial charge in [0.05, 0.1) is 25.1 Å². The quantitative estimate of drug-likeness (QED) is 0.827. The molecule has 0 amide bonds. The van der Waals surface area contributed by atoms with Crippen LogP contribution in [0.25, 0.3) is 11.1 Å². The maximum Gasteiger partial charge on any atom is 0.258 e. The lowest BCUT2D eigenvalue weighted by Crippen LogP contribution is -2.08. The van der Waals surface area contributed by atoms with Crippen LogP contribution in [0.15, 0.2) is 35.5 Å². The van der Waals surface area contributed by atoms with Crippen LogP contribution >= 0.6 is 0 Å². The zero-order valence-electron chi connectivity index (χ0n) is 9.68. The van der Waals surface area contributed by atoms with E-state index in [4.69, 9.17) is 9.47 Å². The Labute approximate surface area is 103 Å². The van der Waals surface area contributed by atoms with Gasteiger partial charge in [0, 0.05) is 12.6 Å². The number of H-pyrrole nitrogens is 1. The van der Waals surface area contributed by atoms with Crippen molar-refractivity contribution in [1.29, 1.82) is 0 Å². The van der Waals surface area contributed by atoms with Gasteiger partial charge in [-0.3, -0.25) is 4.79 Å². The fourth-order valence-electron chi connectivity index (χ4n) is 1.88. The van der Waals surface area contributed by atoms with Crippen molar-refractivity contribution in [3.05, 3.63) is 41.1 Å². The number of hydrogen-bond donors (Lipinski definition) is 1. The van der Waals surface area contributed by atoms with Gasteiger partial charge in [0.2, 0.25) is 0 Å². The molecule has 92 valence electrons. The molecule has 0 saturated heterocycles. The summed E-state index contributed by atoms with van der Waals surface area (Å²) in [6, 6.07) is 5.47. The molecule has 1 aliphatic rings. The lowest BCUT2D eigenvalue weighted by Gasteiger charge is -2.08. The van der Waals surface area contributed by atoms with Crippen molar-refractivity contribution in [2.75, 3.05) is 13.2 Å². The highest BCUT2D eigenvalue weighted by atomic mass is 16.5. The van der Waals surface area contributed by atoms with Gasteiger partial charge in [0.15, 0.2) is 11.5 Å². The summed E-state index contributed by atoms with van der Waals surface area (Å²) in [5.74, 6) is 1.39. The molecule has 0 unspecified atom stereocenters. The first kappa shape index (κ1) is 10.8. The van der Waals surface area contributed by atoms with Crippen LogP contribution in [-0.2, 0) is 0 Å². The number of rotatable bonds is 1. The van der Waals surface area contributed by atoms with Gasteiger partial charge in [0.25, 0.3) is 5.56 Å². The first-order chi connectivity index (χ1) is 8.84. The van der Waals surface area contributed by atoms with Gasteiger partial charge in [-0.1, -0.05) is 6.07 Å². The molecular weight excluding hydrogens is 232 g/mol. The smallest absolute Gasteiger partial charge is 0.258 e. The summed E-state index contributed by atoms with van der Waals surface area (Å²) in [4.78, 5) is 18.2. The largest absolute Gasteiger partial charge is 0.490 e. The van der Waals surface area contributed by atoms with Crippen LogP contribution in [-0.4, -0.2) is 23.2 Å². The number of aromatic amines is 1. The molecule has 18 heavy (non-hydrogen) atoms. The lowest BCUT2D eigenvalue weighted by molar-refractivity contribution is 0.297. The van der Waals surface area contributed by atoms with E-state index in [9.17, 15) is 4.79 Å². The minimum absolute atomic E-state index is 0.167. The van der Waals surface area contributed by atoms with Crippen LogP contribution in [0.5, 0.6) is 11.5 Å². The minimum atomic E-state index is -0.167. The Morgan fingerprint density at radius 1 is 1.17 bits per heavy atom. The molecule has 1 aromatic heterocycles. The molecule has 0 aliphatic carbocycles. The Morgan fingerprint density at radius 3 is 2.83 bits per heavy atom. The molecule has 5 nitrogen and oxygen atoms in total. The van der Waals surface area contributed by atoms with Crippen molar-refractivity contribution in [2.45, 2.75) is 6.42 Å². The van der Waals surface area contributed by atoms with E-state index in [-0.39, 0.29) is 5.56 Å². The Hall–Kier alpha value is -2.30. The zero-order valence-corrected chi connectivity index (χ0v) is 9.68. The highest BCUT2D eigenvalue weighted by Gasteiger charge is 2.12. The molecule has 1 aliphatic heterocycles. The Morgan fingerprint density at radius 2 is 2.00 bits per heavy atom. The highest BCUT2D eigenvalue weighted by molar-refractivity contribution is 5.65. The van der Waals surface area contributed by atoms with E-state index in [0.29, 0.717) is 24.5 Å². The summed E-state index contributed by atoms with van der Waals surface area (Å²) >= 11 is 0. The van der Waals surface area contributed by atoms with Gasteiger partial charge in [-0.2, -0.15) is 0 Å². The molecule has 1 N–H and O–H groups in total. The molecular formula is C13H12N2O3. The van der Waals surface area contributed by atoms with Crippen LogP contribution in [0, 0.1) is 0 Å². The highest BCUT2D eigenvalue weighted by Crippen LogP contribution is 2.33. The summed E-state index contributed by atoms with van der Waals surface area (Å²) in [6.07, 6.45) is 3.77. The standard InChI is InChI=1S/C13H12N2O3/c16-13-10(7-14-8-15-13)9-2-3-11-12(6-9)18-5-1-4-17-11/h2-3,6-8H,1,4-5H2,(H,14,15,16). The average molecular weight is 244 g/mol. The van der Waals surface area contributed by atoms with Crippen molar-refractivity contribution in [3.8, 4) is 22.6 Å². The molecule has 0 radical (unpaired) electrons. The molecule has 5 heteroatoms. The minimum Gasteiger partial charge on any atom is -0.490 e. The van der Waals surface area contributed by atoms with Gasteiger partial charge in [0.1, 0.15) is 0 Å². The van der Waals surface area contributed by atoms with E-state index in [0.717, 1.165) is 17.7 Å². The fourth-order valence-corrected chi connectivity index (χ4v) is 1.88. The summed E-state index contributed by atoms with van der Waals surface area (Å²) in [5.41, 5.74) is 1.13. The predicted molar refractivity (Wildman–Crippen MR) is 65.9 cm³/mol. The van der Waals surface area contributed by atoms with Crippen molar-refractivity contribution in [2.24, 2.45) is 0 Å². The second-order valence-electron chi connectivity index (χ2n) is 4.01. The Balaban J connectivity index is 2.07. The molecule has 0 spiro atoms. The van der Waals surface area contributed by atoms with Crippen molar-refractivity contribution >= 4 is 0 Å². The van der Waals surface area contributed by atoms with Gasteiger partial charge < -0.3 is 14.5 Å². The van der Waals surface area contributed by atoms with E-state index in [1.807, 2.05) is 18.2 Å². The lowest BCUT2D eigenvalue weighted by atomic mass is 10.1. The molecule has 0 bridgehead atoms. The van der Waals surface area contributed by atoms with Crippen LogP contribution in [0.2, 0.25) is 0 Å². The Kier molecular flexibility index (Phi) is 2.72. The third kappa shape index (κ3) is 1.95. The van der Waals surface area contributed by atoms with E-state index in [1.165, 1.54) is 12.5 Å². The molecule has 0 fully saturated rings. The summed E-state index contributed by atoms with van der Waals surface area (Å²) < 4.78 is 11.1. The second kappa shape index (κ2) is 4.52. The zero-order chi connectivity index (χ0) is 12.4. The first-order valence-corrected chi connectivity index (χ1v) is 5.77. The number of fused-ring (bicyclic) bond motifs is 1. The molecule has 1 aromatic carbocycles. The number of hydrogen-bond acceptors (Lipinski definition) is 4. The fraction of sp³-hybridized carbons (Fsp3) is 0.231. The van der Waals surface area contributed by atoms with Crippen LogP contribution in [0.4, 0.5) is 0 Å². The molecule has 2 aromatic rings. The normalized spacial score (nSPS) is 14.0. The van der Waals surface area contributed by atoms with E-state index >= 15 is 0 Å². The van der Waals surface area contributed by atoms with E-state index in [1.54, 1.807) is 0 Å². The number of nitrogens with zero attached hydrogens (tertiary/aromatic N) is 1. The van der Waals surface area contributed by atoms with Crippen LogP contribution < -0.4 is 15.0 Å². The second-order valence-corrected chi connectivity index (χ2v) is 4.01. The predicted octanol–water partition coefficient (Wildman–Crippen LogP) is 1.60. The number of benzene rings is 1. The molecule has 3 rings (SSSR count). The van der Waals surface area contributed by atoms with E-state index < -0.39 is 0 Å². The Bertz CT molecular complexity index is 622. The van der Waals surface area contributed by atoms with Crippen molar-refractivity contribution < 1.29 is 9.47 Å². The van der Waals surface area contributed by atoms with Crippen molar-refractivity contribution in [3.63, 3.8) is 0 Å². The van der Waals surface area contributed by atoms with Gasteiger partial charge in [-0.25, -0.2) is 4.98 Å². The third-order valence-corrected chi connectivity index (χ3v) is 2.78. The summed E-state index contributed by atoms with van der Waals surface area (Å²) in [5, 5.41) is 0. The topological polar surface area (TPSA) is 64.2 Å². The van der Waals surface area contributed by atoms with Gasteiger partial charge >= 0.3 is 0 Å². The summed E-state index contributed by atoms with van der Waals surface area (Å²) in [7, 11) is 0. The third-order valence-electron chi connectivity index (χ3n) is 2.78. The van der Waals surface area contributed by atoms with Crippen LogP contribution in [0.3, 0.4) is 0 Å². The average Bonchev–Trinajstić information content (AvgIpc) is 2.63. The molecule has 0 saturated carbocycles. The number of aromatic nitrogens is 2. The first-order valence-electron chi connectivity index (χ1n) is 5.77. The number of nitrogens with one attached hydrogen (secondary N) is 1. The molecule has 0 atom stereocenters. The van der Waals surface area contributed by atoms with Gasteiger partial charge in [-0.15, -0.1) is 0 Å². The SMILES string of the molecule is O=c1[nH]cncc1-c1ccc2c(c1)OCCCO2. The van der Waals surface area contributed by atoms with E-state index in [2.05, 4.69) is 9.97 Å². The van der Waals surface area contributed by atoms with Crippen molar-refractivity contribution in [1.82, 2.24) is 9.97 Å². The maximum atomic E-state index is 11.7. The maximum absolute atomic E-state index is 11.7. The summed E-state index contributed by atoms with van der Waals surface area (Å²) in [6.45, 7) is 1.28. The monoisotopic (exact) mass is 244 g/mol. The molecule has 2 heterocycles. The number of ether oxygens (including phenoxy) is 2. The van der Waals surface area contributed by atoms with Crippen LogP contribution in [0.1, 0.15) is 6.42 Å². The van der Waals surface area contributed by atoms with Gasteiger partial charge in [-0.05, 0) is 17.7 Å².